The summed E-state index contributed by atoms with van der Waals surface area (Å²) in [6.45, 7) is 8.08. The van der Waals surface area contributed by atoms with E-state index in [4.69, 9.17) is 0 Å². The van der Waals surface area contributed by atoms with Crippen LogP contribution in [0, 0.1) is 17.8 Å². The van der Waals surface area contributed by atoms with E-state index in [0.717, 1.165) is 17.8 Å². The molecule has 0 nitrogen and oxygen atoms in total. The van der Waals surface area contributed by atoms with Crippen LogP contribution < -0.4 is 0 Å². The molecule has 0 radical (unpaired) electrons. The first kappa shape index (κ1) is 9.05. The van der Waals surface area contributed by atoms with Gasteiger partial charge in [-0.25, -0.2) is 0 Å². The molecule has 0 aliphatic heterocycles. The Labute approximate surface area is 81.7 Å². The number of rotatable bonds is 2. The third-order valence-corrected chi connectivity index (χ3v) is 3.96. The Morgan fingerprint density at radius 3 is 2.77 bits per heavy atom. The Morgan fingerprint density at radius 2 is 2.00 bits per heavy atom. The SMILES string of the molecule is C=CCC1C(=C)C2CCCCCC12. The van der Waals surface area contributed by atoms with Gasteiger partial charge in [0.1, 0.15) is 0 Å². The molecular formula is C13H20. The van der Waals surface area contributed by atoms with Gasteiger partial charge in [-0.2, -0.15) is 0 Å². The van der Waals surface area contributed by atoms with E-state index in [1.54, 1.807) is 0 Å². The van der Waals surface area contributed by atoms with E-state index >= 15 is 0 Å². The van der Waals surface area contributed by atoms with Gasteiger partial charge in [-0.3, -0.25) is 0 Å². The lowest BCUT2D eigenvalue weighted by Crippen LogP contribution is -2.38. The van der Waals surface area contributed by atoms with Gasteiger partial charge in [0.05, 0.1) is 0 Å². The molecule has 0 aromatic carbocycles. The molecule has 2 aliphatic carbocycles. The third-order valence-electron chi connectivity index (χ3n) is 3.96. The lowest BCUT2D eigenvalue weighted by atomic mass is 9.58. The van der Waals surface area contributed by atoms with Gasteiger partial charge in [0.2, 0.25) is 0 Å². The van der Waals surface area contributed by atoms with Crippen LogP contribution in [0.4, 0.5) is 0 Å². The van der Waals surface area contributed by atoms with Crippen LogP contribution in [0.2, 0.25) is 0 Å². The minimum absolute atomic E-state index is 0.792. The maximum Gasteiger partial charge on any atom is -0.0134 e. The Kier molecular flexibility index (Phi) is 2.57. The maximum absolute atomic E-state index is 4.24. The molecule has 0 spiro atoms. The topological polar surface area (TPSA) is 0 Å². The van der Waals surface area contributed by atoms with Crippen LogP contribution in [-0.4, -0.2) is 0 Å². The van der Waals surface area contributed by atoms with Crippen molar-refractivity contribution in [2.45, 2.75) is 38.5 Å². The van der Waals surface area contributed by atoms with Crippen molar-refractivity contribution in [1.82, 2.24) is 0 Å². The first-order valence-electron chi connectivity index (χ1n) is 5.64. The van der Waals surface area contributed by atoms with E-state index in [9.17, 15) is 0 Å². The second kappa shape index (κ2) is 3.69. The highest BCUT2D eigenvalue weighted by molar-refractivity contribution is 5.21. The predicted octanol–water partition coefficient (Wildman–Crippen LogP) is 3.95. The van der Waals surface area contributed by atoms with Gasteiger partial charge in [0.15, 0.2) is 0 Å². The van der Waals surface area contributed by atoms with E-state index in [0.29, 0.717) is 0 Å². The quantitative estimate of drug-likeness (QED) is 0.559. The minimum atomic E-state index is 0.792. The van der Waals surface area contributed by atoms with Gasteiger partial charge in [-0.05, 0) is 37.0 Å². The van der Waals surface area contributed by atoms with Crippen molar-refractivity contribution in [1.29, 1.82) is 0 Å². The molecular weight excluding hydrogens is 156 g/mol. The van der Waals surface area contributed by atoms with Crippen molar-refractivity contribution >= 4 is 0 Å². The highest BCUT2D eigenvalue weighted by Gasteiger charge is 2.43. The highest BCUT2D eigenvalue weighted by Crippen LogP contribution is 2.52. The normalized spacial score (nSPS) is 38.8. The van der Waals surface area contributed by atoms with Gasteiger partial charge in [-0.15, -0.1) is 6.58 Å². The van der Waals surface area contributed by atoms with E-state index in [1.165, 1.54) is 44.1 Å². The summed E-state index contributed by atoms with van der Waals surface area (Å²) in [6, 6.07) is 0. The molecule has 0 heterocycles. The second-order valence-electron chi connectivity index (χ2n) is 4.61. The number of fused-ring (bicyclic) bond motifs is 1. The van der Waals surface area contributed by atoms with Crippen molar-refractivity contribution in [2.24, 2.45) is 17.8 Å². The summed E-state index contributed by atoms with van der Waals surface area (Å²) < 4.78 is 0. The Balaban J connectivity index is 2.01. The van der Waals surface area contributed by atoms with Gasteiger partial charge >= 0.3 is 0 Å². The molecule has 3 atom stereocenters. The Bertz CT molecular complexity index is 214. The van der Waals surface area contributed by atoms with E-state index in [1.807, 2.05) is 0 Å². The van der Waals surface area contributed by atoms with Gasteiger partial charge < -0.3 is 0 Å². The van der Waals surface area contributed by atoms with Crippen LogP contribution >= 0.6 is 0 Å². The molecule has 0 amide bonds. The van der Waals surface area contributed by atoms with E-state index in [2.05, 4.69) is 19.2 Å². The van der Waals surface area contributed by atoms with Crippen molar-refractivity contribution in [3.63, 3.8) is 0 Å². The number of allylic oxidation sites excluding steroid dienone is 2. The summed E-state index contributed by atoms with van der Waals surface area (Å²) in [5, 5.41) is 0. The van der Waals surface area contributed by atoms with Crippen molar-refractivity contribution in [2.75, 3.05) is 0 Å². The summed E-state index contributed by atoms with van der Waals surface area (Å²) in [5.41, 5.74) is 1.53. The van der Waals surface area contributed by atoms with Gasteiger partial charge in [-0.1, -0.05) is 37.5 Å². The van der Waals surface area contributed by atoms with E-state index < -0.39 is 0 Å². The molecule has 0 heteroatoms. The van der Waals surface area contributed by atoms with Crippen LogP contribution in [0.3, 0.4) is 0 Å². The molecule has 0 N–H and O–H groups in total. The van der Waals surface area contributed by atoms with Gasteiger partial charge in [0, 0.05) is 0 Å². The fraction of sp³-hybridized carbons (Fsp3) is 0.692. The monoisotopic (exact) mass is 176 g/mol. The summed E-state index contributed by atoms with van der Waals surface area (Å²) in [5.74, 6) is 2.64. The largest absolute Gasteiger partial charge is 0.103 e. The Morgan fingerprint density at radius 1 is 1.23 bits per heavy atom. The summed E-state index contributed by atoms with van der Waals surface area (Å²) in [7, 11) is 0. The van der Waals surface area contributed by atoms with Crippen LogP contribution in [0.25, 0.3) is 0 Å². The molecule has 72 valence electrons. The lowest BCUT2D eigenvalue weighted by molar-refractivity contribution is 0.161. The molecule has 13 heavy (non-hydrogen) atoms. The zero-order valence-electron chi connectivity index (χ0n) is 8.47. The third kappa shape index (κ3) is 1.47. The summed E-state index contributed by atoms with van der Waals surface area (Å²) in [4.78, 5) is 0. The van der Waals surface area contributed by atoms with Crippen molar-refractivity contribution in [3.05, 3.63) is 24.8 Å². The lowest BCUT2D eigenvalue weighted by Gasteiger charge is -2.46. The molecule has 3 unspecified atom stereocenters. The van der Waals surface area contributed by atoms with Crippen LogP contribution in [0.15, 0.2) is 24.8 Å². The molecule has 2 saturated carbocycles. The number of hydrogen-bond donors (Lipinski definition) is 0. The fourth-order valence-corrected chi connectivity index (χ4v) is 3.22. The first-order chi connectivity index (χ1) is 6.34. The first-order valence-corrected chi connectivity index (χ1v) is 5.64. The molecule has 2 fully saturated rings. The minimum Gasteiger partial charge on any atom is -0.103 e. The number of hydrogen-bond acceptors (Lipinski definition) is 0. The molecule has 0 bridgehead atoms. The molecule has 0 aromatic heterocycles. The van der Waals surface area contributed by atoms with Crippen LogP contribution in [-0.2, 0) is 0 Å². The average Bonchev–Trinajstić information content (AvgIpc) is 2.36. The van der Waals surface area contributed by atoms with Crippen molar-refractivity contribution < 1.29 is 0 Å². The van der Waals surface area contributed by atoms with Crippen LogP contribution in [0.5, 0.6) is 0 Å². The average molecular weight is 176 g/mol. The second-order valence-corrected chi connectivity index (χ2v) is 4.61. The zero-order valence-corrected chi connectivity index (χ0v) is 8.47. The standard InChI is InChI=1S/C13H20/c1-3-7-11-10(2)12-8-5-4-6-9-13(11)12/h3,11-13H,1-2,4-9H2. The van der Waals surface area contributed by atoms with E-state index in [-0.39, 0.29) is 0 Å². The van der Waals surface area contributed by atoms with Crippen molar-refractivity contribution in [3.8, 4) is 0 Å². The molecule has 2 rings (SSSR count). The smallest absolute Gasteiger partial charge is 0.0134 e. The fourth-order valence-electron chi connectivity index (χ4n) is 3.22. The molecule has 2 aliphatic rings. The Hall–Kier alpha value is -0.520. The summed E-state index contributed by atoms with van der Waals surface area (Å²) in [6.07, 6.45) is 10.4. The predicted molar refractivity (Wildman–Crippen MR) is 57.5 cm³/mol. The zero-order chi connectivity index (χ0) is 9.26. The highest BCUT2D eigenvalue weighted by atomic mass is 14.5. The van der Waals surface area contributed by atoms with Gasteiger partial charge in [0.25, 0.3) is 0 Å². The van der Waals surface area contributed by atoms with Crippen LogP contribution in [0.1, 0.15) is 38.5 Å². The molecule has 0 aromatic rings. The molecule has 0 saturated heterocycles. The summed E-state index contributed by atoms with van der Waals surface area (Å²) >= 11 is 0. The maximum atomic E-state index is 4.24.